The van der Waals surface area contributed by atoms with Crippen molar-refractivity contribution in [2.75, 3.05) is 17.9 Å². The maximum absolute atomic E-state index is 12.5. The third kappa shape index (κ3) is 2.51. The van der Waals surface area contributed by atoms with E-state index in [1.54, 1.807) is 7.11 Å². The van der Waals surface area contributed by atoms with Gasteiger partial charge in [-0.3, -0.25) is 4.79 Å². The summed E-state index contributed by atoms with van der Waals surface area (Å²) < 4.78 is 5.17. The van der Waals surface area contributed by atoms with Crippen molar-refractivity contribution in [3.05, 3.63) is 54.1 Å². The number of hydrogen-bond acceptors (Lipinski definition) is 4. The van der Waals surface area contributed by atoms with E-state index in [-0.39, 0.29) is 11.8 Å². The highest BCUT2D eigenvalue weighted by molar-refractivity contribution is 7.99. The smallest absolute Gasteiger partial charge is 0.248 e. The number of nitrogens with zero attached hydrogens (tertiary/aromatic N) is 2. The number of rotatable bonds is 2. The van der Waals surface area contributed by atoms with Crippen molar-refractivity contribution in [1.29, 1.82) is 0 Å². The minimum Gasteiger partial charge on any atom is -0.497 e. The Morgan fingerprint density at radius 3 is 2.74 bits per heavy atom. The molecule has 0 radical (unpaired) electrons. The lowest BCUT2D eigenvalue weighted by Crippen LogP contribution is -2.39. The topological polar surface area (TPSA) is 41.9 Å². The fraction of sp³-hybridized carbons (Fsp3) is 0.222. The van der Waals surface area contributed by atoms with Crippen molar-refractivity contribution in [3.63, 3.8) is 0 Å². The zero-order valence-corrected chi connectivity index (χ0v) is 13.5. The molecule has 5 heteroatoms. The van der Waals surface area contributed by atoms with E-state index in [1.165, 1.54) is 9.90 Å². The lowest BCUT2D eigenvalue weighted by molar-refractivity contribution is -0.119. The number of hydrazone groups is 1. The number of carbonyl (C=O) groups is 1. The molecule has 4 rings (SSSR count). The number of anilines is 1. The summed E-state index contributed by atoms with van der Waals surface area (Å²) in [5.41, 5.74) is 2.95. The van der Waals surface area contributed by atoms with Crippen LogP contribution in [0.15, 0.2) is 58.5 Å². The molecule has 0 N–H and O–H groups in total. The van der Waals surface area contributed by atoms with Crippen LogP contribution < -0.4 is 9.75 Å². The van der Waals surface area contributed by atoms with E-state index < -0.39 is 0 Å². The maximum atomic E-state index is 12.5. The third-order valence-corrected chi connectivity index (χ3v) is 5.41. The van der Waals surface area contributed by atoms with Crippen molar-refractivity contribution >= 4 is 29.1 Å². The molecule has 0 spiro atoms. The molecule has 116 valence electrons. The molecular formula is C18H16N2O2S. The summed E-state index contributed by atoms with van der Waals surface area (Å²) in [6, 6.07) is 15.7. The highest BCUT2D eigenvalue weighted by Gasteiger charge is 2.34. The quantitative estimate of drug-likeness (QED) is 0.848. The monoisotopic (exact) mass is 324 g/mol. The van der Waals surface area contributed by atoms with Gasteiger partial charge in [0.25, 0.3) is 0 Å². The van der Waals surface area contributed by atoms with E-state index in [0.29, 0.717) is 6.42 Å². The van der Waals surface area contributed by atoms with Gasteiger partial charge in [0.1, 0.15) is 5.75 Å². The molecule has 2 aromatic rings. The molecule has 4 nitrogen and oxygen atoms in total. The van der Waals surface area contributed by atoms with Crippen LogP contribution in [0.5, 0.6) is 5.75 Å². The van der Waals surface area contributed by atoms with E-state index in [4.69, 9.17) is 9.84 Å². The average molecular weight is 324 g/mol. The average Bonchev–Trinajstić information content (AvgIpc) is 2.61. The first-order valence-corrected chi connectivity index (χ1v) is 8.52. The first-order chi connectivity index (χ1) is 11.3. The van der Waals surface area contributed by atoms with Crippen LogP contribution in [0, 0.1) is 5.92 Å². The van der Waals surface area contributed by atoms with Crippen LogP contribution >= 0.6 is 11.8 Å². The largest absolute Gasteiger partial charge is 0.497 e. The highest BCUT2D eigenvalue weighted by atomic mass is 32.2. The molecule has 0 aliphatic carbocycles. The molecule has 23 heavy (non-hydrogen) atoms. The van der Waals surface area contributed by atoms with Crippen LogP contribution in [0.25, 0.3) is 0 Å². The lowest BCUT2D eigenvalue weighted by Gasteiger charge is -2.32. The standard InChI is InChI=1S/C18H16N2O2S/c1-22-14-8-6-13(7-9-14)20-17(21)10-12-11-23-16-5-3-2-4-15(16)18(12)19-20/h2-9,12H,10-11H2,1H3. The Balaban J connectivity index is 1.76. The van der Waals surface area contributed by atoms with Gasteiger partial charge in [0.15, 0.2) is 0 Å². The Labute approximate surface area is 139 Å². The normalized spacial score (nSPS) is 19.7. The minimum absolute atomic E-state index is 0.0453. The van der Waals surface area contributed by atoms with E-state index in [9.17, 15) is 4.79 Å². The Morgan fingerprint density at radius 2 is 1.96 bits per heavy atom. The summed E-state index contributed by atoms with van der Waals surface area (Å²) in [5, 5.41) is 6.22. The summed E-state index contributed by atoms with van der Waals surface area (Å²) in [6.45, 7) is 0. The van der Waals surface area contributed by atoms with Gasteiger partial charge in [0.05, 0.1) is 18.5 Å². The Morgan fingerprint density at radius 1 is 1.17 bits per heavy atom. The molecule has 2 aromatic carbocycles. The molecule has 2 heterocycles. The zero-order chi connectivity index (χ0) is 15.8. The summed E-state index contributed by atoms with van der Waals surface area (Å²) in [6.07, 6.45) is 0.506. The molecule has 1 atom stereocenters. The van der Waals surface area contributed by atoms with Gasteiger partial charge in [-0.25, -0.2) is 5.01 Å². The molecule has 0 bridgehead atoms. The van der Waals surface area contributed by atoms with Crippen LogP contribution in [0.1, 0.15) is 12.0 Å². The van der Waals surface area contributed by atoms with Gasteiger partial charge in [0.2, 0.25) is 5.91 Å². The van der Waals surface area contributed by atoms with Crippen LogP contribution in [0.4, 0.5) is 5.69 Å². The van der Waals surface area contributed by atoms with Crippen molar-refractivity contribution in [2.45, 2.75) is 11.3 Å². The number of methoxy groups -OCH3 is 1. The van der Waals surface area contributed by atoms with Crippen LogP contribution in [-0.4, -0.2) is 24.5 Å². The molecule has 1 amide bonds. The number of amides is 1. The van der Waals surface area contributed by atoms with Crippen LogP contribution in [0.2, 0.25) is 0 Å². The SMILES string of the molecule is COc1ccc(N2N=C3c4ccccc4SCC3CC2=O)cc1. The maximum Gasteiger partial charge on any atom is 0.248 e. The zero-order valence-electron chi connectivity index (χ0n) is 12.7. The minimum atomic E-state index is 0.0453. The molecule has 0 saturated carbocycles. The van der Waals surface area contributed by atoms with Gasteiger partial charge >= 0.3 is 0 Å². The fourth-order valence-electron chi connectivity index (χ4n) is 2.97. The summed E-state index contributed by atoms with van der Waals surface area (Å²) in [7, 11) is 1.63. The van der Waals surface area contributed by atoms with Gasteiger partial charge in [-0.05, 0) is 30.3 Å². The van der Waals surface area contributed by atoms with Crippen molar-refractivity contribution in [3.8, 4) is 5.75 Å². The van der Waals surface area contributed by atoms with E-state index in [2.05, 4.69) is 12.1 Å². The second-order valence-electron chi connectivity index (χ2n) is 5.60. The molecule has 2 aliphatic rings. The van der Waals surface area contributed by atoms with Crippen LogP contribution in [-0.2, 0) is 4.79 Å². The third-order valence-electron chi connectivity index (χ3n) is 4.17. The first kappa shape index (κ1) is 14.3. The fourth-order valence-corrected chi connectivity index (χ4v) is 4.13. The molecular weight excluding hydrogens is 308 g/mol. The molecule has 0 saturated heterocycles. The lowest BCUT2D eigenvalue weighted by atomic mass is 9.93. The van der Waals surface area contributed by atoms with Crippen molar-refractivity contribution < 1.29 is 9.53 Å². The van der Waals surface area contributed by atoms with Gasteiger partial charge in [-0.15, -0.1) is 11.8 Å². The summed E-state index contributed by atoms with van der Waals surface area (Å²) in [5.74, 6) is 1.93. The predicted molar refractivity (Wildman–Crippen MR) is 92.3 cm³/mol. The molecule has 0 fully saturated rings. The second kappa shape index (κ2) is 5.74. The summed E-state index contributed by atoms with van der Waals surface area (Å²) >= 11 is 1.81. The van der Waals surface area contributed by atoms with Crippen molar-refractivity contribution in [2.24, 2.45) is 11.0 Å². The van der Waals surface area contributed by atoms with Gasteiger partial charge in [-0.2, -0.15) is 5.10 Å². The molecule has 1 unspecified atom stereocenters. The number of thioether (sulfide) groups is 1. The number of hydrogen-bond donors (Lipinski definition) is 0. The molecule has 2 aliphatic heterocycles. The van der Waals surface area contributed by atoms with Gasteiger partial charge < -0.3 is 4.74 Å². The molecule has 0 aromatic heterocycles. The van der Waals surface area contributed by atoms with Gasteiger partial charge in [-0.1, -0.05) is 18.2 Å². The van der Waals surface area contributed by atoms with E-state index >= 15 is 0 Å². The van der Waals surface area contributed by atoms with Crippen LogP contribution in [0.3, 0.4) is 0 Å². The Hall–Kier alpha value is -2.27. The second-order valence-corrected chi connectivity index (χ2v) is 6.66. The van der Waals surface area contributed by atoms with Crippen molar-refractivity contribution in [1.82, 2.24) is 0 Å². The first-order valence-electron chi connectivity index (χ1n) is 7.54. The summed E-state index contributed by atoms with van der Waals surface area (Å²) in [4.78, 5) is 13.7. The number of benzene rings is 2. The van der Waals surface area contributed by atoms with E-state index in [1.807, 2.05) is 48.2 Å². The number of ether oxygens (including phenoxy) is 1. The number of carbonyl (C=O) groups excluding carboxylic acids is 1. The van der Waals surface area contributed by atoms with Gasteiger partial charge in [0, 0.05) is 28.6 Å². The highest BCUT2D eigenvalue weighted by Crippen LogP contribution is 2.37. The Kier molecular flexibility index (Phi) is 3.58. The predicted octanol–water partition coefficient (Wildman–Crippen LogP) is 3.56. The Bertz CT molecular complexity index is 786. The van der Waals surface area contributed by atoms with E-state index in [0.717, 1.165) is 28.5 Å². The number of fused-ring (bicyclic) bond motifs is 3.